The van der Waals surface area contributed by atoms with Gasteiger partial charge in [0, 0.05) is 0 Å². The summed E-state index contributed by atoms with van der Waals surface area (Å²) in [6.45, 7) is 4.23. The molecular formula is C6H8ClN2O. The number of allylic oxidation sites excluding steroid dienone is 1. The molecule has 0 aliphatic carbocycles. The van der Waals surface area contributed by atoms with Gasteiger partial charge in [-0.05, 0) is 13.8 Å². The summed E-state index contributed by atoms with van der Waals surface area (Å²) in [4.78, 5) is 0. The fourth-order valence-corrected chi connectivity index (χ4v) is 0.722. The van der Waals surface area contributed by atoms with Crippen LogP contribution in [0.15, 0.2) is 16.0 Å². The fraction of sp³-hybridized carbons (Fsp3) is 0.500. The summed E-state index contributed by atoms with van der Waals surface area (Å²) in [6, 6.07) is 0. The summed E-state index contributed by atoms with van der Waals surface area (Å²) in [7, 11) is 0. The van der Waals surface area contributed by atoms with Crippen LogP contribution >= 0.6 is 11.6 Å². The van der Waals surface area contributed by atoms with E-state index >= 15 is 0 Å². The van der Waals surface area contributed by atoms with E-state index in [2.05, 4.69) is 10.5 Å². The van der Waals surface area contributed by atoms with Crippen LogP contribution < -0.4 is 5.43 Å². The topological polar surface area (TPSA) is 35.7 Å². The van der Waals surface area contributed by atoms with Gasteiger partial charge in [0.15, 0.2) is 0 Å². The minimum Gasteiger partial charge on any atom is -0.476 e. The number of hydrogen-bond acceptors (Lipinski definition) is 2. The summed E-state index contributed by atoms with van der Waals surface area (Å²) >= 11 is 5.74. The molecule has 0 atom stereocenters. The van der Waals surface area contributed by atoms with Crippen molar-refractivity contribution in [2.45, 2.75) is 13.8 Å². The Kier molecular flexibility index (Phi) is 2.17. The van der Waals surface area contributed by atoms with Gasteiger partial charge in [0.2, 0.25) is 0 Å². The third kappa shape index (κ3) is 1.24. The molecule has 55 valence electrons. The van der Waals surface area contributed by atoms with Crippen LogP contribution in [0.25, 0.3) is 0 Å². The molecule has 1 rings (SSSR count). The van der Waals surface area contributed by atoms with Gasteiger partial charge in [-0.25, -0.2) is 0 Å². The van der Waals surface area contributed by atoms with Gasteiger partial charge in [0.1, 0.15) is 5.03 Å². The average molecular weight is 160 g/mol. The zero-order valence-electron chi connectivity index (χ0n) is 5.89. The number of nitrogens with zero attached hydrogens (tertiary/aromatic N) is 2. The summed E-state index contributed by atoms with van der Waals surface area (Å²) < 4.78 is 5.05. The molecule has 1 aliphatic rings. The van der Waals surface area contributed by atoms with Gasteiger partial charge in [-0.3, -0.25) is 0 Å². The molecule has 0 unspecified atom stereocenters. The van der Waals surface area contributed by atoms with Crippen LogP contribution in [0.3, 0.4) is 0 Å². The highest BCUT2D eigenvalue weighted by Gasteiger charge is 2.16. The number of rotatable bonds is 2. The lowest BCUT2D eigenvalue weighted by atomic mass is 10.4. The Hall–Kier alpha value is -0.700. The van der Waals surface area contributed by atoms with Crippen molar-refractivity contribution in [3.8, 4) is 0 Å². The monoisotopic (exact) mass is 159 g/mol. The summed E-state index contributed by atoms with van der Waals surface area (Å²) in [5.41, 5.74) is 4.41. The molecule has 0 spiro atoms. The highest BCUT2D eigenvalue weighted by atomic mass is 35.5. The highest BCUT2D eigenvalue weighted by Crippen LogP contribution is 2.16. The van der Waals surface area contributed by atoms with Crippen molar-refractivity contribution in [1.82, 2.24) is 5.43 Å². The highest BCUT2D eigenvalue weighted by molar-refractivity contribution is 6.43. The van der Waals surface area contributed by atoms with Crippen LogP contribution in [0.5, 0.6) is 0 Å². The second kappa shape index (κ2) is 2.92. The normalized spacial score (nSPS) is 16.9. The Balaban J connectivity index is 2.64. The lowest BCUT2D eigenvalue weighted by Crippen LogP contribution is -1.98. The first kappa shape index (κ1) is 7.41. The van der Waals surface area contributed by atoms with E-state index in [0.29, 0.717) is 23.2 Å². The predicted molar refractivity (Wildman–Crippen MR) is 39.7 cm³/mol. The molecule has 0 bridgehead atoms. The van der Waals surface area contributed by atoms with Gasteiger partial charge in [-0.2, -0.15) is 5.10 Å². The number of halogens is 1. The van der Waals surface area contributed by atoms with E-state index in [1.54, 1.807) is 6.92 Å². The molecule has 0 saturated carbocycles. The lowest BCUT2D eigenvalue weighted by molar-refractivity contribution is 0.207. The van der Waals surface area contributed by atoms with Gasteiger partial charge >= 0.3 is 0 Å². The zero-order valence-corrected chi connectivity index (χ0v) is 6.64. The zero-order chi connectivity index (χ0) is 7.56. The molecule has 0 fully saturated rings. The summed E-state index contributed by atoms with van der Waals surface area (Å²) in [6.07, 6.45) is 0. The van der Waals surface area contributed by atoms with E-state index < -0.39 is 0 Å². The molecule has 4 heteroatoms. The van der Waals surface area contributed by atoms with Crippen molar-refractivity contribution in [3.05, 3.63) is 10.9 Å². The minimum atomic E-state index is 0.432. The Morgan fingerprint density at radius 3 is 2.70 bits per heavy atom. The molecule has 3 nitrogen and oxygen atoms in total. The largest absolute Gasteiger partial charge is 0.476 e. The van der Waals surface area contributed by atoms with Gasteiger partial charge in [0.05, 0.1) is 12.3 Å². The minimum absolute atomic E-state index is 0.432. The second-order valence-corrected chi connectivity index (χ2v) is 2.22. The first-order valence-electron chi connectivity index (χ1n) is 3.04. The van der Waals surface area contributed by atoms with E-state index in [0.717, 1.165) is 0 Å². The van der Waals surface area contributed by atoms with Crippen molar-refractivity contribution in [3.63, 3.8) is 0 Å². The molecule has 1 radical (unpaired) electrons. The molecule has 0 amide bonds. The second-order valence-electron chi connectivity index (χ2n) is 1.84. The van der Waals surface area contributed by atoms with Gasteiger partial charge in [-0.1, -0.05) is 11.6 Å². The molecule has 0 saturated heterocycles. The van der Waals surface area contributed by atoms with Crippen molar-refractivity contribution in [1.29, 1.82) is 0 Å². The van der Waals surface area contributed by atoms with E-state index in [4.69, 9.17) is 16.3 Å². The molecule has 0 aromatic heterocycles. The van der Waals surface area contributed by atoms with Crippen molar-refractivity contribution in [2.75, 3.05) is 6.61 Å². The maximum absolute atomic E-state index is 5.74. The van der Waals surface area contributed by atoms with Crippen LogP contribution in [0.1, 0.15) is 13.8 Å². The molecular weight excluding hydrogens is 152 g/mol. The molecule has 0 aromatic carbocycles. The molecule has 0 N–H and O–H groups in total. The van der Waals surface area contributed by atoms with Crippen molar-refractivity contribution in [2.24, 2.45) is 5.10 Å². The van der Waals surface area contributed by atoms with Crippen molar-refractivity contribution < 1.29 is 4.74 Å². The van der Waals surface area contributed by atoms with E-state index in [1.165, 1.54) is 0 Å². The summed E-state index contributed by atoms with van der Waals surface area (Å²) in [5, 5.41) is 4.24. The van der Waals surface area contributed by atoms with E-state index in [9.17, 15) is 0 Å². The third-order valence-electron chi connectivity index (χ3n) is 1.08. The van der Waals surface area contributed by atoms with Crippen LogP contribution in [-0.4, -0.2) is 12.3 Å². The van der Waals surface area contributed by atoms with Crippen LogP contribution in [0.4, 0.5) is 0 Å². The van der Waals surface area contributed by atoms with Gasteiger partial charge in [0.25, 0.3) is 5.88 Å². The average Bonchev–Trinajstić information content (AvgIpc) is 2.20. The Bertz CT molecular complexity index is 198. The molecule has 1 aliphatic heterocycles. The quantitative estimate of drug-likeness (QED) is 0.600. The third-order valence-corrected chi connectivity index (χ3v) is 1.51. The Morgan fingerprint density at radius 2 is 2.30 bits per heavy atom. The van der Waals surface area contributed by atoms with E-state index in [1.807, 2.05) is 6.92 Å². The van der Waals surface area contributed by atoms with Crippen LogP contribution in [0, 0.1) is 0 Å². The molecule has 0 aromatic rings. The van der Waals surface area contributed by atoms with Crippen LogP contribution in [0.2, 0.25) is 0 Å². The van der Waals surface area contributed by atoms with Gasteiger partial charge in [-0.15, -0.1) is 5.43 Å². The Labute approximate surface area is 64.7 Å². The number of hydrogen-bond donors (Lipinski definition) is 0. The predicted octanol–water partition coefficient (Wildman–Crippen LogP) is 1.42. The lowest BCUT2D eigenvalue weighted by Gasteiger charge is -1.99. The Morgan fingerprint density at radius 1 is 1.60 bits per heavy atom. The summed E-state index contributed by atoms with van der Waals surface area (Å²) in [5.74, 6) is 0.432. The molecule has 1 heterocycles. The van der Waals surface area contributed by atoms with Gasteiger partial charge < -0.3 is 4.74 Å². The first-order valence-corrected chi connectivity index (χ1v) is 3.41. The maximum Gasteiger partial charge on any atom is 0.254 e. The smallest absolute Gasteiger partial charge is 0.254 e. The van der Waals surface area contributed by atoms with E-state index in [-0.39, 0.29) is 0 Å². The van der Waals surface area contributed by atoms with Crippen molar-refractivity contribution >= 4 is 17.3 Å². The molecule has 10 heavy (non-hydrogen) atoms. The first-order chi connectivity index (χ1) is 4.75. The standard InChI is InChI=1S/C6H8ClN2O/c1-3-10-6-5(7)4(2)8-9-6/h3H2,1-2H3. The SMILES string of the molecule is CCOC1=C(Cl)C(C)=N[N]1. The maximum atomic E-state index is 5.74. The number of ether oxygens (including phenoxy) is 1. The fourth-order valence-electron chi connectivity index (χ4n) is 0.592. The van der Waals surface area contributed by atoms with Crippen LogP contribution in [-0.2, 0) is 4.74 Å².